The van der Waals surface area contributed by atoms with E-state index in [1.807, 2.05) is 25.1 Å². The molecule has 100 valence electrons. The zero-order chi connectivity index (χ0) is 13.0. The first-order chi connectivity index (χ1) is 8.69. The van der Waals surface area contributed by atoms with E-state index in [1.54, 1.807) is 0 Å². The van der Waals surface area contributed by atoms with Crippen LogP contribution in [0.4, 0.5) is 0 Å². The van der Waals surface area contributed by atoms with Crippen molar-refractivity contribution in [1.82, 2.24) is 4.90 Å². The molecule has 0 atom stereocenters. The second kappa shape index (κ2) is 6.43. The van der Waals surface area contributed by atoms with Crippen LogP contribution in [-0.4, -0.2) is 37.7 Å². The van der Waals surface area contributed by atoms with Crippen molar-refractivity contribution < 1.29 is 9.47 Å². The van der Waals surface area contributed by atoms with E-state index in [0.717, 1.165) is 41.9 Å². The Kier molecular flexibility index (Phi) is 4.89. The number of hydrogen-bond donors (Lipinski definition) is 0. The van der Waals surface area contributed by atoms with E-state index in [-0.39, 0.29) is 0 Å². The van der Waals surface area contributed by atoms with Crippen LogP contribution < -0.4 is 9.47 Å². The molecule has 1 heterocycles. The third-order valence-corrected chi connectivity index (χ3v) is 3.83. The molecule has 0 amide bonds. The van der Waals surface area contributed by atoms with Gasteiger partial charge >= 0.3 is 0 Å². The molecule has 0 aromatic heterocycles. The van der Waals surface area contributed by atoms with Gasteiger partial charge in [0.15, 0.2) is 0 Å². The number of ether oxygens (including phenoxy) is 2. The van der Waals surface area contributed by atoms with Crippen LogP contribution in [0.15, 0.2) is 22.7 Å². The van der Waals surface area contributed by atoms with Crippen LogP contribution in [0.25, 0.3) is 0 Å². The van der Waals surface area contributed by atoms with E-state index >= 15 is 0 Å². The molecule has 0 aliphatic carbocycles. The van der Waals surface area contributed by atoms with Gasteiger partial charge in [-0.25, -0.2) is 0 Å². The Morgan fingerprint density at radius 1 is 1.33 bits per heavy atom. The summed E-state index contributed by atoms with van der Waals surface area (Å²) in [6.45, 7) is 4.87. The molecule has 0 radical (unpaired) electrons. The standard InChI is InChI=1S/C14H20BrNO2/c1-3-17-14-10-12(4-5-13(14)15)18-11-6-8-16(2)9-7-11/h4-5,10-11H,3,6-9H2,1-2H3. The predicted molar refractivity (Wildman–Crippen MR) is 76.5 cm³/mol. The molecule has 4 heteroatoms. The maximum Gasteiger partial charge on any atom is 0.137 e. The molecule has 1 aliphatic heterocycles. The molecule has 1 aromatic carbocycles. The average Bonchev–Trinajstić information content (AvgIpc) is 2.37. The molecule has 1 fully saturated rings. The van der Waals surface area contributed by atoms with Crippen molar-refractivity contribution in [2.75, 3.05) is 26.7 Å². The molecule has 3 nitrogen and oxygen atoms in total. The minimum absolute atomic E-state index is 0.330. The second-order valence-corrected chi connectivity index (χ2v) is 5.50. The first-order valence-electron chi connectivity index (χ1n) is 6.46. The quantitative estimate of drug-likeness (QED) is 0.851. The van der Waals surface area contributed by atoms with Crippen molar-refractivity contribution in [3.05, 3.63) is 22.7 Å². The van der Waals surface area contributed by atoms with Crippen molar-refractivity contribution in [3.8, 4) is 11.5 Å². The molecule has 0 spiro atoms. The lowest BCUT2D eigenvalue weighted by Crippen LogP contribution is -2.35. The predicted octanol–water partition coefficient (Wildman–Crippen LogP) is 3.32. The summed E-state index contributed by atoms with van der Waals surface area (Å²) in [6.07, 6.45) is 2.52. The molecule has 0 saturated carbocycles. The Labute approximate surface area is 117 Å². The van der Waals surface area contributed by atoms with Crippen LogP contribution in [0.2, 0.25) is 0 Å². The summed E-state index contributed by atoms with van der Waals surface area (Å²) < 4.78 is 12.5. The molecule has 0 bridgehead atoms. The summed E-state index contributed by atoms with van der Waals surface area (Å²) >= 11 is 3.48. The highest BCUT2D eigenvalue weighted by atomic mass is 79.9. The zero-order valence-electron chi connectivity index (χ0n) is 11.0. The van der Waals surface area contributed by atoms with Gasteiger partial charge in [-0.1, -0.05) is 0 Å². The van der Waals surface area contributed by atoms with Crippen LogP contribution in [-0.2, 0) is 0 Å². The van der Waals surface area contributed by atoms with Crippen molar-refractivity contribution in [2.45, 2.75) is 25.9 Å². The van der Waals surface area contributed by atoms with E-state index in [9.17, 15) is 0 Å². The molecule has 2 rings (SSSR count). The number of likely N-dealkylation sites (tertiary alicyclic amines) is 1. The highest BCUT2D eigenvalue weighted by Gasteiger charge is 2.18. The maximum absolute atomic E-state index is 6.02. The molecule has 1 aliphatic rings. The Hall–Kier alpha value is -0.740. The van der Waals surface area contributed by atoms with E-state index in [4.69, 9.17) is 9.47 Å². The van der Waals surface area contributed by atoms with Gasteiger partial charge in [-0.05, 0) is 54.9 Å². The minimum atomic E-state index is 0.330. The van der Waals surface area contributed by atoms with E-state index in [1.165, 1.54) is 0 Å². The number of halogens is 1. The Morgan fingerprint density at radius 3 is 2.72 bits per heavy atom. The van der Waals surface area contributed by atoms with E-state index in [0.29, 0.717) is 12.7 Å². The molecule has 0 N–H and O–H groups in total. The lowest BCUT2D eigenvalue weighted by molar-refractivity contribution is 0.114. The fraction of sp³-hybridized carbons (Fsp3) is 0.571. The largest absolute Gasteiger partial charge is 0.493 e. The fourth-order valence-electron chi connectivity index (χ4n) is 2.12. The van der Waals surface area contributed by atoms with E-state index < -0.39 is 0 Å². The van der Waals surface area contributed by atoms with Crippen molar-refractivity contribution in [2.24, 2.45) is 0 Å². The fourth-order valence-corrected chi connectivity index (χ4v) is 2.48. The molecule has 1 saturated heterocycles. The summed E-state index contributed by atoms with van der Waals surface area (Å²) in [5, 5.41) is 0. The summed E-state index contributed by atoms with van der Waals surface area (Å²) in [7, 11) is 2.16. The van der Waals surface area contributed by atoms with Gasteiger partial charge in [-0.2, -0.15) is 0 Å². The molecular formula is C14H20BrNO2. The van der Waals surface area contributed by atoms with Crippen LogP contribution in [0.3, 0.4) is 0 Å². The summed E-state index contributed by atoms with van der Waals surface area (Å²) in [4.78, 5) is 2.34. The molecule has 1 aromatic rings. The number of nitrogens with zero attached hydrogens (tertiary/aromatic N) is 1. The van der Waals surface area contributed by atoms with Gasteiger partial charge in [-0.3, -0.25) is 0 Å². The highest BCUT2D eigenvalue weighted by Crippen LogP contribution is 2.30. The van der Waals surface area contributed by atoms with Crippen LogP contribution in [0, 0.1) is 0 Å². The molecular weight excluding hydrogens is 294 g/mol. The number of piperidine rings is 1. The first kappa shape index (κ1) is 13.7. The number of hydrogen-bond acceptors (Lipinski definition) is 3. The van der Waals surface area contributed by atoms with Crippen molar-refractivity contribution in [3.63, 3.8) is 0 Å². The number of benzene rings is 1. The van der Waals surface area contributed by atoms with Crippen molar-refractivity contribution >= 4 is 15.9 Å². The number of rotatable bonds is 4. The van der Waals surface area contributed by atoms with Crippen LogP contribution in [0.1, 0.15) is 19.8 Å². The van der Waals surface area contributed by atoms with Crippen LogP contribution in [0.5, 0.6) is 11.5 Å². The average molecular weight is 314 g/mol. The van der Waals surface area contributed by atoms with Gasteiger partial charge in [0.25, 0.3) is 0 Å². The second-order valence-electron chi connectivity index (χ2n) is 4.65. The molecule has 18 heavy (non-hydrogen) atoms. The van der Waals surface area contributed by atoms with Gasteiger partial charge < -0.3 is 14.4 Å². The normalized spacial score (nSPS) is 17.7. The molecule has 0 unspecified atom stereocenters. The van der Waals surface area contributed by atoms with E-state index in [2.05, 4.69) is 27.9 Å². The summed E-state index contributed by atoms with van der Waals surface area (Å²) in [6, 6.07) is 5.94. The van der Waals surface area contributed by atoms with Gasteiger partial charge in [0.05, 0.1) is 11.1 Å². The Balaban J connectivity index is 1.98. The maximum atomic E-state index is 6.02. The van der Waals surface area contributed by atoms with Gasteiger partial charge in [0.2, 0.25) is 0 Å². The SMILES string of the molecule is CCOc1cc(OC2CCN(C)CC2)ccc1Br. The third-order valence-electron chi connectivity index (χ3n) is 3.17. The summed E-state index contributed by atoms with van der Waals surface area (Å²) in [5.74, 6) is 1.75. The lowest BCUT2D eigenvalue weighted by Gasteiger charge is -2.29. The Morgan fingerprint density at radius 2 is 2.06 bits per heavy atom. The minimum Gasteiger partial charge on any atom is -0.493 e. The Bertz CT molecular complexity index is 389. The zero-order valence-corrected chi connectivity index (χ0v) is 12.6. The monoisotopic (exact) mass is 313 g/mol. The smallest absolute Gasteiger partial charge is 0.137 e. The lowest BCUT2D eigenvalue weighted by atomic mass is 10.1. The highest BCUT2D eigenvalue weighted by molar-refractivity contribution is 9.10. The van der Waals surface area contributed by atoms with Crippen molar-refractivity contribution in [1.29, 1.82) is 0 Å². The van der Waals surface area contributed by atoms with Gasteiger partial charge in [-0.15, -0.1) is 0 Å². The third kappa shape index (κ3) is 3.62. The first-order valence-corrected chi connectivity index (χ1v) is 7.26. The van der Waals surface area contributed by atoms with Crippen LogP contribution >= 0.6 is 15.9 Å². The topological polar surface area (TPSA) is 21.7 Å². The summed E-state index contributed by atoms with van der Waals surface area (Å²) in [5.41, 5.74) is 0. The van der Waals surface area contributed by atoms with Gasteiger partial charge in [0.1, 0.15) is 17.6 Å². The van der Waals surface area contributed by atoms with Gasteiger partial charge in [0, 0.05) is 19.2 Å².